The van der Waals surface area contributed by atoms with Crippen LogP contribution in [0.4, 0.5) is 0 Å². The number of rotatable bonds is 18. The fourth-order valence-electron chi connectivity index (χ4n) is 2.00. The van der Waals surface area contributed by atoms with Crippen LogP contribution in [0, 0.1) is 0 Å². The summed E-state index contributed by atoms with van der Waals surface area (Å²) in [5, 5.41) is 0. The van der Waals surface area contributed by atoms with Crippen molar-refractivity contribution >= 4 is 24.8 Å². The van der Waals surface area contributed by atoms with Crippen molar-refractivity contribution in [3.05, 3.63) is 0 Å². The molecule has 0 spiro atoms. The molecular weight excluding hydrogens is 505 g/mol. The van der Waals surface area contributed by atoms with Crippen molar-refractivity contribution in [2.75, 3.05) is 19.8 Å². The summed E-state index contributed by atoms with van der Waals surface area (Å²) in [6.07, 6.45) is 12.6. The Bertz CT molecular complexity index is 348. The maximum Gasteiger partial charge on any atom is 3.00 e. The predicted molar refractivity (Wildman–Crippen MR) is 113 cm³/mol. The molecular formula is C18H39CrO9P3+3. The Kier molecular flexibility index (Phi) is 44.1. The molecule has 183 valence electrons. The van der Waals surface area contributed by atoms with Gasteiger partial charge in [-0.3, -0.25) is 0 Å². The molecule has 3 unspecified atom stereocenters. The predicted octanol–water partition coefficient (Wildman–Crippen LogP) is 4.80. The molecule has 0 heterocycles. The second-order valence-corrected chi connectivity index (χ2v) is 8.47. The van der Waals surface area contributed by atoms with Crippen molar-refractivity contribution in [1.82, 2.24) is 0 Å². The molecule has 0 aliphatic rings. The Morgan fingerprint density at radius 3 is 0.871 bits per heavy atom. The molecule has 0 aromatic heterocycles. The van der Waals surface area contributed by atoms with Crippen LogP contribution in [0.2, 0.25) is 0 Å². The number of hydrogen-bond acceptors (Lipinski definition) is 9. The van der Waals surface area contributed by atoms with Crippen LogP contribution in [-0.4, -0.2) is 19.8 Å². The van der Waals surface area contributed by atoms with E-state index in [1.807, 2.05) is 0 Å². The maximum atomic E-state index is 9.85. The summed E-state index contributed by atoms with van der Waals surface area (Å²) < 4.78 is 42.6. The Morgan fingerprint density at radius 2 is 0.710 bits per heavy atom. The van der Waals surface area contributed by atoms with Crippen LogP contribution in [0.1, 0.15) is 97.8 Å². The minimum Gasteiger partial charge on any atom is -0.566 e. The van der Waals surface area contributed by atoms with E-state index in [1.165, 1.54) is 0 Å². The molecule has 0 aromatic carbocycles. The van der Waals surface area contributed by atoms with Gasteiger partial charge in [0, 0.05) is 0 Å². The molecule has 0 saturated carbocycles. The smallest absolute Gasteiger partial charge is 0.566 e. The first kappa shape index (κ1) is 38.8. The normalized spacial score (nSPS) is 11.2. The van der Waals surface area contributed by atoms with E-state index in [0.29, 0.717) is 19.8 Å². The van der Waals surface area contributed by atoms with Crippen molar-refractivity contribution in [3.8, 4) is 0 Å². The fraction of sp³-hybridized carbons (Fsp3) is 1.00. The third kappa shape index (κ3) is 53.6. The molecule has 0 aliphatic carbocycles. The summed E-state index contributed by atoms with van der Waals surface area (Å²) in [5.41, 5.74) is 0. The van der Waals surface area contributed by atoms with Crippen LogP contribution in [0.25, 0.3) is 0 Å². The van der Waals surface area contributed by atoms with Gasteiger partial charge in [-0.05, 0) is 33.0 Å². The van der Waals surface area contributed by atoms with Crippen LogP contribution in [-0.2, 0) is 44.6 Å². The SMILES string of the molecule is CCCCCCO[P+](=O)[O-].CCCCCCO[P+](=O)[O-].CCCCCCO[P+](=O)[O-].[Cr+3]. The van der Waals surface area contributed by atoms with Crippen molar-refractivity contribution in [3.63, 3.8) is 0 Å². The third-order valence-electron chi connectivity index (χ3n) is 3.58. The van der Waals surface area contributed by atoms with Crippen molar-refractivity contribution in [2.45, 2.75) is 97.8 Å². The Labute approximate surface area is 201 Å². The zero-order chi connectivity index (χ0) is 23.5. The molecule has 0 rings (SSSR count). The van der Waals surface area contributed by atoms with Gasteiger partial charge in [-0.25, -0.2) is 0 Å². The number of unbranched alkanes of at least 4 members (excludes halogenated alkanes) is 9. The van der Waals surface area contributed by atoms with E-state index in [1.54, 1.807) is 0 Å². The second kappa shape index (κ2) is 35.2. The van der Waals surface area contributed by atoms with Crippen LogP contribution < -0.4 is 14.7 Å². The van der Waals surface area contributed by atoms with Gasteiger partial charge >= 0.3 is 42.1 Å². The van der Waals surface area contributed by atoms with E-state index < -0.39 is 24.8 Å². The summed E-state index contributed by atoms with van der Waals surface area (Å²) in [7, 11) is -7.86. The Hall–Kier alpha value is 0.592. The van der Waals surface area contributed by atoms with Gasteiger partial charge in [0.15, 0.2) is 0 Å². The molecule has 13 heteroatoms. The van der Waals surface area contributed by atoms with Gasteiger partial charge in [0.2, 0.25) is 0 Å². The minimum absolute atomic E-state index is 0. The summed E-state index contributed by atoms with van der Waals surface area (Å²) in [6.45, 7) is 7.36. The first-order valence-corrected chi connectivity index (χ1v) is 13.9. The van der Waals surface area contributed by atoms with Gasteiger partial charge < -0.3 is 14.7 Å². The quantitative estimate of drug-likeness (QED) is 0.175. The molecule has 0 saturated heterocycles. The largest absolute Gasteiger partial charge is 3.00 e. The molecule has 31 heavy (non-hydrogen) atoms. The standard InChI is InChI=1S/3C6H13O3P.Cr/c3*1-2-3-4-5-6-9-10(7)8;/h3*2-6H2,1H3;/q;;;+3. The molecule has 0 N–H and O–H groups in total. The van der Waals surface area contributed by atoms with Gasteiger partial charge in [-0.2, -0.15) is 0 Å². The van der Waals surface area contributed by atoms with E-state index in [9.17, 15) is 28.4 Å². The zero-order valence-electron chi connectivity index (χ0n) is 19.0. The fourth-order valence-corrected chi connectivity index (χ4v) is 2.84. The summed E-state index contributed by atoms with van der Waals surface area (Å²) in [4.78, 5) is 29.5. The summed E-state index contributed by atoms with van der Waals surface area (Å²) in [6, 6.07) is 0. The van der Waals surface area contributed by atoms with Crippen molar-refractivity contribution < 1.29 is 59.3 Å². The van der Waals surface area contributed by atoms with Crippen LogP contribution in [0.3, 0.4) is 0 Å². The Balaban J connectivity index is -0.000000174. The molecule has 0 aromatic rings. The zero-order valence-corrected chi connectivity index (χ0v) is 23.0. The van der Waals surface area contributed by atoms with Crippen LogP contribution in [0.5, 0.6) is 0 Å². The van der Waals surface area contributed by atoms with Crippen molar-refractivity contribution in [2.24, 2.45) is 0 Å². The monoisotopic (exact) mass is 544 g/mol. The maximum absolute atomic E-state index is 9.85. The first-order valence-electron chi connectivity index (χ1n) is 10.6. The van der Waals surface area contributed by atoms with E-state index in [-0.39, 0.29) is 17.4 Å². The topological polar surface area (TPSA) is 148 Å². The van der Waals surface area contributed by atoms with Gasteiger partial charge in [0.05, 0.1) is 0 Å². The summed E-state index contributed by atoms with van der Waals surface area (Å²) >= 11 is 0. The molecule has 0 aliphatic heterocycles. The Morgan fingerprint density at radius 1 is 0.484 bits per heavy atom. The average Bonchev–Trinajstić information content (AvgIpc) is 2.68. The van der Waals surface area contributed by atoms with Crippen LogP contribution in [0.15, 0.2) is 0 Å². The second-order valence-electron chi connectivity index (χ2n) is 6.35. The minimum atomic E-state index is -2.62. The van der Waals surface area contributed by atoms with E-state index in [2.05, 4.69) is 34.3 Å². The van der Waals surface area contributed by atoms with Crippen molar-refractivity contribution in [1.29, 1.82) is 0 Å². The molecule has 0 fully saturated rings. The van der Waals surface area contributed by atoms with Crippen LogP contribution >= 0.6 is 24.8 Å². The van der Waals surface area contributed by atoms with Gasteiger partial charge in [0.1, 0.15) is 19.8 Å². The van der Waals surface area contributed by atoms with Gasteiger partial charge in [0.25, 0.3) is 0 Å². The van der Waals surface area contributed by atoms with Gasteiger partial charge in [-0.1, -0.05) is 78.6 Å². The van der Waals surface area contributed by atoms with E-state index in [4.69, 9.17) is 0 Å². The van der Waals surface area contributed by atoms with E-state index >= 15 is 0 Å². The first-order chi connectivity index (χ1) is 14.3. The van der Waals surface area contributed by atoms with E-state index in [0.717, 1.165) is 77.0 Å². The van der Waals surface area contributed by atoms with Gasteiger partial charge in [-0.15, -0.1) is 13.6 Å². The molecule has 3 atom stereocenters. The number of hydrogen-bond donors (Lipinski definition) is 0. The summed E-state index contributed by atoms with van der Waals surface area (Å²) in [5.74, 6) is 0. The molecule has 0 bridgehead atoms. The molecule has 0 amide bonds. The average molecular weight is 544 g/mol. The molecule has 1 radical (unpaired) electrons. The third-order valence-corrected chi connectivity index (χ3v) is 4.76. The molecule has 9 nitrogen and oxygen atoms in total.